The van der Waals surface area contributed by atoms with Crippen molar-refractivity contribution in [2.24, 2.45) is 5.92 Å². The molecule has 0 aliphatic carbocycles. The maximum absolute atomic E-state index is 13.9. The second kappa shape index (κ2) is 11.7. The van der Waals surface area contributed by atoms with Gasteiger partial charge in [-0.3, -0.25) is 9.59 Å². The third kappa shape index (κ3) is 6.19. The Balaban J connectivity index is 1.71. The fourth-order valence-corrected chi connectivity index (χ4v) is 5.29. The number of para-hydroxylation sites is 1. The molecule has 4 rings (SSSR count). The number of likely N-dealkylation sites (tertiary alicyclic amines) is 1. The average Bonchev–Trinajstić information content (AvgIpc) is 3.36. The van der Waals surface area contributed by atoms with Crippen molar-refractivity contribution in [3.8, 4) is 11.5 Å². The van der Waals surface area contributed by atoms with E-state index in [9.17, 15) is 14.4 Å². The van der Waals surface area contributed by atoms with Crippen molar-refractivity contribution in [3.05, 3.63) is 89.0 Å². The third-order valence-corrected chi connectivity index (χ3v) is 8.23. The van der Waals surface area contributed by atoms with Crippen LogP contribution in [0.3, 0.4) is 0 Å². The molecular formula is C32H35NO5S. The Morgan fingerprint density at radius 1 is 0.923 bits per heavy atom. The van der Waals surface area contributed by atoms with Crippen LogP contribution in [0.15, 0.2) is 71.6 Å². The lowest BCUT2D eigenvalue weighted by molar-refractivity contribution is -0.129. The van der Waals surface area contributed by atoms with Gasteiger partial charge in [0, 0.05) is 35.4 Å². The van der Waals surface area contributed by atoms with Gasteiger partial charge >= 0.3 is 6.09 Å². The number of Topliss-reactive ketones (excluding diaryl/α,β-unsaturated/α-hetero) is 2. The van der Waals surface area contributed by atoms with Crippen molar-refractivity contribution in [3.63, 3.8) is 0 Å². The molecule has 0 spiro atoms. The first kappa shape index (κ1) is 28.4. The summed E-state index contributed by atoms with van der Waals surface area (Å²) in [6, 6.07) is 20.5. The minimum atomic E-state index is -0.996. The second-order valence-corrected chi connectivity index (χ2v) is 11.4. The maximum atomic E-state index is 13.9. The molecule has 0 N–H and O–H groups in total. The molecule has 2 atom stereocenters. The van der Waals surface area contributed by atoms with E-state index in [0.29, 0.717) is 23.6 Å². The number of aryl methyl sites for hydroxylation is 1. The Labute approximate surface area is 234 Å². The number of hydrogen-bond acceptors (Lipinski definition) is 6. The largest absolute Gasteiger partial charge is 0.480 e. The molecule has 39 heavy (non-hydrogen) atoms. The zero-order valence-electron chi connectivity index (χ0n) is 23.3. The zero-order chi connectivity index (χ0) is 28.3. The lowest BCUT2D eigenvalue weighted by Crippen LogP contribution is -2.36. The van der Waals surface area contributed by atoms with Crippen molar-refractivity contribution in [1.82, 2.24) is 4.90 Å². The van der Waals surface area contributed by atoms with Crippen molar-refractivity contribution in [2.45, 2.75) is 51.0 Å². The van der Waals surface area contributed by atoms with E-state index in [4.69, 9.17) is 9.47 Å². The van der Waals surface area contributed by atoms with Crippen LogP contribution in [0.1, 0.15) is 53.7 Å². The molecule has 0 radical (unpaired) electrons. The minimum absolute atomic E-state index is 0.0193. The number of nitrogens with zero attached hydrogens (tertiary/aromatic N) is 1. The first-order valence-corrected chi connectivity index (χ1v) is 14.2. The van der Waals surface area contributed by atoms with Gasteiger partial charge in [0.1, 0.15) is 11.5 Å². The fourth-order valence-electron chi connectivity index (χ4n) is 4.89. The van der Waals surface area contributed by atoms with Gasteiger partial charge in [0.25, 0.3) is 0 Å². The monoisotopic (exact) mass is 545 g/mol. The van der Waals surface area contributed by atoms with Gasteiger partial charge in [0.15, 0.2) is 17.2 Å². The van der Waals surface area contributed by atoms with Crippen LogP contribution in [0.2, 0.25) is 0 Å². The number of ether oxygens (including phenoxy) is 2. The second-order valence-electron chi connectivity index (χ2n) is 10.5. The summed E-state index contributed by atoms with van der Waals surface area (Å²) in [6.45, 7) is 9.47. The molecule has 7 heteroatoms. The van der Waals surface area contributed by atoms with Gasteiger partial charge in [-0.1, -0.05) is 42.5 Å². The summed E-state index contributed by atoms with van der Waals surface area (Å²) in [4.78, 5) is 42.0. The highest BCUT2D eigenvalue weighted by atomic mass is 32.2. The number of rotatable bonds is 8. The molecule has 1 fully saturated rings. The number of hydrogen-bond donors (Lipinski definition) is 0. The van der Waals surface area contributed by atoms with Crippen molar-refractivity contribution >= 4 is 29.4 Å². The highest BCUT2D eigenvalue weighted by Crippen LogP contribution is 2.41. The van der Waals surface area contributed by atoms with E-state index >= 15 is 0 Å². The number of carbonyl (C=O) groups is 3. The topological polar surface area (TPSA) is 72.9 Å². The predicted molar refractivity (Wildman–Crippen MR) is 154 cm³/mol. The lowest BCUT2D eigenvalue weighted by atomic mass is 9.81. The Morgan fingerprint density at radius 3 is 2.21 bits per heavy atom. The minimum Gasteiger partial charge on any atom is -0.480 e. The van der Waals surface area contributed by atoms with E-state index in [2.05, 4.69) is 0 Å². The van der Waals surface area contributed by atoms with Crippen LogP contribution in [0.4, 0.5) is 4.79 Å². The van der Waals surface area contributed by atoms with Crippen LogP contribution in [0.25, 0.3) is 0 Å². The summed E-state index contributed by atoms with van der Waals surface area (Å²) >= 11 is 1.62. The SMILES string of the molecule is CSc1ccc(C(=O)[C@H]2CN(C(=O)Oc3ccccc3)C[C@@H]2c2ccc(C)c(OC(C)(C)C(C)=O)c2C)cc1. The molecule has 0 aromatic heterocycles. The Bertz CT molecular complexity index is 1370. The summed E-state index contributed by atoms with van der Waals surface area (Å²) in [5.74, 6) is 0.245. The maximum Gasteiger partial charge on any atom is 0.415 e. The number of ketones is 2. The van der Waals surface area contributed by atoms with Gasteiger partial charge in [-0.25, -0.2) is 4.79 Å². The summed E-state index contributed by atoms with van der Waals surface area (Å²) in [5.41, 5.74) is 2.30. The van der Waals surface area contributed by atoms with E-state index in [1.54, 1.807) is 54.8 Å². The molecular weight excluding hydrogens is 510 g/mol. The van der Waals surface area contributed by atoms with Gasteiger partial charge in [0.2, 0.25) is 0 Å². The lowest BCUT2D eigenvalue weighted by Gasteiger charge is -2.28. The Morgan fingerprint density at radius 2 is 1.59 bits per heavy atom. The molecule has 3 aromatic carbocycles. The molecule has 1 aliphatic heterocycles. The van der Waals surface area contributed by atoms with E-state index in [0.717, 1.165) is 21.6 Å². The van der Waals surface area contributed by atoms with E-state index < -0.39 is 17.6 Å². The van der Waals surface area contributed by atoms with E-state index in [-0.39, 0.29) is 24.0 Å². The van der Waals surface area contributed by atoms with Crippen LogP contribution in [0.5, 0.6) is 11.5 Å². The first-order chi connectivity index (χ1) is 18.5. The number of thioether (sulfide) groups is 1. The standard InChI is InChI=1S/C32H35NO5S/c1-20-12-17-26(21(2)30(20)38-32(4,5)22(3)34)27-18-33(31(36)37-24-10-8-7-9-11-24)19-28(27)29(35)23-13-15-25(39-6)16-14-23/h7-17,27-28H,18-19H2,1-6H3/t27-,28+/m1/s1. The number of benzene rings is 3. The number of carbonyl (C=O) groups excluding carboxylic acids is 3. The third-order valence-electron chi connectivity index (χ3n) is 7.49. The van der Waals surface area contributed by atoms with Crippen LogP contribution in [-0.2, 0) is 4.79 Å². The molecule has 6 nitrogen and oxygen atoms in total. The van der Waals surface area contributed by atoms with Gasteiger partial charge < -0.3 is 14.4 Å². The highest BCUT2D eigenvalue weighted by Gasteiger charge is 2.42. The molecule has 1 amide bonds. The zero-order valence-corrected chi connectivity index (χ0v) is 24.1. The molecule has 0 saturated carbocycles. The molecule has 3 aromatic rings. The predicted octanol–water partition coefficient (Wildman–Crippen LogP) is 6.87. The molecule has 204 valence electrons. The van der Waals surface area contributed by atoms with Crippen LogP contribution in [0, 0.1) is 19.8 Å². The molecule has 0 bridgehead atoms. The fraction of sp³-hybridized carbons (Fsp3) is 0.344. The van der Waals surface area contributed by atoms with Crippen molar-refractivity contribution in [1.29, 1.82) is 0 Å². The van der Waals surface area contributed by atoms with Gasteiger partial charge in [-0.15, -0.1) is 11.8 Å². The molecule has 1 heterocycles. The molecule has 0 unspecified atom stereocenters. The van der Waals surface area contributed by atoms with Crippen LogP contribution in [-0.4, -0.2) is 47.5 Å². The highest BCUT2D eigenvalue weighted by molar-refractivity contribution is 7.98. The summed E-state index contributed by atoms with van der Waals surface area (Å²) < 4.78 is 11.9. The van der Waals surface area contributed by atoms with E-state index in [1.807, 2.05) is 62.6 Å². The quantitative estimate of drug-likeness (QED) is 0.227. The number of amides is 1. The average molecular weight is 546 g/mol. The van der Waals surface area contributed by atoms with Crippen molar-refractivity contribution in [2.75, 3.05) is 19.3 Å². The van der Waals surface area contributed by atoms with Crippen LogP contribution >= 0.6 is 11.8 Å². The normalized spacial score (nSPS) is 17.1. The van der Waals surface area contributed by atoms with Gasteiger partial charge in [0.05, 0.1) is 0 Å². The Kier molecular flexibility index (Phi) is 8.50. The summed E-state index contributed by atoms with van der Waals surface area (Å²) in [5, 5.41) is 0. The van der Waals surface area contributed by atoms with Crippen LogP contribution < -0.4 is 9.47 Å². The van der Waals surface area contributed by atoms with Gasteiger partial charge in [-0.05, 0) is 81.8 Å². The van der Waals surface area contributed by atoms with Crippen molar-refractivity contribution < 1.29 is 23.9 Å². The molecule has 1 saturated heterocycles. The summed E-state index contributed by atoms with van der Waals surface area (Å²) in [6.07, 6.45) is 1.51. The van der Waals surface area contributed by atoms with E-state index in [1.165, 1.54) is 6.92 Å². The smallest absolute Gasteiger partial charge is 0.415 e. The Hall–Kier alpha value is -3.58. The summed E-state index contributed by atoms with van der Waals surface area (Å²) in [7, 11) is 0. The molecule has 1 aliphatic rings. The van der Waals surface area contributed by atoms with Gasteiger partial charge in [-0.2, -0.15) is 0 Å². The first-order valence-electron chi connectivity index (χ1n) is 13.0.